The number of halogens is 1. The van der Waals surface area contributed by atoms with Gasteiger partial charge in [0, 0.05) is 13.1 Å². The van der Waals surface area contributed by atoms with Gasteiger partial charge in [0.1, 0.15) is 11.6 Å². The number of nitrogens with one attached hydrogen (secondary N) is 1. The highest BCUT2D eigenvalue weighted by molar-refractivity contribution is 5.84. The maximum Gasteiger partial charge on any atom is 0.234 e. The highest BCUT2D eigenvalue weighted by atomic mass is 19.1. The Labute approximate surface area is 164 Å². The molecule has 3 aromatic carbocycles. The van der Waals surface area contributed by atoms with Crippen LogP contribution in [-0.2, 0) is 17.8 Å². The van der Waals surface area contributed by atoms with Crippen LogP contribution in [-0.4, -0.2) is 38.1 Å². The third-order valence-corrected chi connectivity index (χ3v) is 4.65. The fourth-order valence-electron chi connectivity index (χ4n) is 3.20. The van der Waals surface area contributed by atoms with Crippen molar-refractivity contribution >= 4 is 16.7 Å². The quantitative estimate of drug-likeness (QED) is 0.647. The summed E-state index contributed by atoms with van der Waals surface area (Å²) in [5.74, 6) is 0.538. The summed E-state index contributed by atoms with van der Waals surface area (Å²) in [6.45, 7) is 1.38. The van der Waals surface area contributed by atoms with Gasteiger partial charge in [0.25, 0.3) is 0 Å². The molecule has 5 heteroatoms. The maximum atomic E-state index is 13.6. The number of ether oxygens (including phenoxy) is 1. The molecule has 146 valence electrons. The number of benzene rings is 3. The van der Waals surface area contributed by atoms with Crippen LogP contribution < -0.4 is 10.1 Å². The van der Waals surface area contributed by atoms with Gasteiger partial charge >= 0.3 is 0 Å². The Bertz CT molecular complexity index is 958. The van der Waals surface area contributed by atoms with E-state index in [0.717, 1.165) is 22.1 Å². The molecule has 0 fully saturated rings. The van der Waals surface area contributed by atoms with Crippen LogP contribution in [0.4, 0.5) is 4.39 Å². The van der Waals surface area contributed by atoms with Crippen molar-refractivity contribution in [3.63, 3.8) is 0 Å². The number of rotatable bonds is 8. The van der Waals surface area contributed by atoms with Crippen molar-refractivity contribution in [1.82, 2.24) is 10.2 Å². The van der Waals surface area contributed by atoms with Gasteiger partial charge in [-0.1, -0.05) is 36.4 Å². The summed E-state index contributed by atoms with van der Waals surface area (Å²) in [5, 5.41) is 5.12. The third kappa shape index (κ3) is 5.30. The van der Waals surface area contributed by atoms with E-state index >= 15 is 0 Å². The second-order valence-electron chi connectivity index (χ2n) is 6.91. The average molecular weight is 380 g/mol. The van der Waals surface area contributed by atoms with Crippen molar-refractivity contribution < 1.29 is 13.9 Å². The van der Waals surface area contributed by atoms with Gasteiger partial charge < -0.3 is 10.1 Å². The average Bonchev–Trinajstić information content (AvgIpc) is 2.69. The largest absolute Gasteiger partial charge is 0.497 e. The first-order valence-corrected chi connectivity index (χ1v) is 9.30. The molecular weight excluding hydrogens is 355 g/mol. The molecule has 0 unspecified atom stereocenters. The number of fused-ring (bicyclic) bond motifs is 1. The van der Waals surface area contributed by atoms with Gasteiger partial charge in [-0.25, -0.2) is 4.39 Å². The van der Waals surface area contributed by atoms with Crippen LogP contribution in [0, 0.1) is 5.82 Å². The first-order valence-electron chi connectivity index (χ1n) is 9.30. The molecule has 3 aromatic rings. The Morgan fingerprint density at radius 3 is 2.61 bits per heavy atom. The number of amides is 1. The van der Waals surface area contributed by atoms with Gasteiger partial charge in [0.2, 0.25) is 5.91 Å². The van der Waals surface area contributed by atoms with E-state index in [-0.39, 0.29) is 18.3 Å². The van der Waals surface area contributed by atoms with E-state index < -0.39 is 0 Å². The van der Waals surface area contributed by atoms with Gasteiger partial charge in [-0.15, -0.1) is 0 Å². The molecule has 0 aromatic heterocycles. The minimum absolute atomic E-state index is 0.0654. The van der Waals surface area contributed by atoms with E-state index in [1.54, 1.807) is 25.3 Å². The Hall–Kier alpha value is -2.92. The van der Waals surface area contributed by atoms with Crippen LogP contribution in [0.1, 0.15) is 11.1 Å². The zero-order valence-corrected chi connectivity index (χ0v) is 16.2. The number of hydrogen-bond acceptors (Lipinski definition) is 3. The molecule has 0 saturated heterocycles. The van der Waals surface area contributed by atoms with Gasteiger partial charge in [0.05, 0.1) is 13.7 Å². The Morgan fingerprint density at radius 2 is 1.82 bits per heavy atom. The summed E-state index contributed by atoms with van der Waals surface area (Å²) in [5.41, 5.74) is 1.75. The standard InChI is InChI=1S/C23H25FN2O2/c1-26(16-23(27)25-12-11-18-5-3-4-6-22(18)24)15-17-7-8-20-14-21(28-2)10-9-19(20)13-17/h3-10,13-14H,11-12,15-16H2,1-2H3,(H,25,27). The predicted molar refractivity (Wildman–Crippen MR) is 110 cm³/mol. The van der Waals surface area contributed by atoms with E-state index in [4.69, 9.17) is 4.74 Å². The lowest BCUT2D eigenvalue weighted by Crippen LogP contribution is -2.35. The van der Waals surface area contributed by atoms with Crippen LogP contribution in [0.5, 0.6) is 5.75 Å². The van der Waals surface area contributed by atoms with Gasteiger partial charge in [0.15, 0.2) is 0 Å². The minimum atomic E-state index is -0.234. The van der Waals surface area contributed by atoms with Crippen LogP contribution in [0.3, 0.4) is 0 Å². The van der Waals surface area contributed by atoms with Crippen molar-refractivity contribution in [3.8, 4) is 5.75 Å². The first-order chi connectivity index (χ1) is 13.5. The molecular formula is C23H25FN2O2. The second-order valence-corrected chi connectivity index (χ2v) is 6.91. The molecule has 0 radical (unpaired) electrons. The second kappa shape index (κ2) is 9.33. The molecule has 1 amide bonds. The molecule has 3 rings (SSSR count). The molecule has 0 aliphatic rings. The van der Waals surface area contributed by atoms with Gasteiger partial charge in [-0.3, -0.25) is 9.69 Å². The van der Waals surface area contributed by atoms with Crippen LogP contribution in [0.2, 0.25) is 0 Å². The molecule has 0 atom stereocenters. The van der Waals surface area contributed by atoms with Crippen molar-refractivity contribution in [3.05, 3.63) is 77.6 Å². The highest BCUT2D eigenvalue weighted by Crippen LogP contribution is 2.22. The fourth-order valence-corrected chi connectivity index (χ4v) is 3.20. The molecule has 4 nitrogen and oxygen atoms in total. The minimum Gasteiger partial charge on any atom is -0.497 e. The fraction of sp³-hybridized carbons (Fsp3) is 0.261. The normalized spacial score (nSPS) is 11.0. The zero-order chi connectivity index (χ0) is 19.9. The zero-order valence-electron chi connectivity index (χ0n) is 16.2. The number of likely N-dealkylation sites (N-methyl/N-ethyl adjacent to an activating group) is 1. The predicted octanol–water partition coefficient (Wildman–Crippen LogP) is 3.78. The topological polar surface area (TPSA) is 41.6 Å². The summed E-state index contributed by atoms with van der Waals surface area (Å²) >= 11 is 0. The number of carbonyl (C=O) groups excluding carboxylic acids is 1. The number of nitrogens with zero attached hydrogens (tertiary/aromatic N) is 1. The summed E-state index contributed by atoms with van der Waals surface area (Å²) in [6.07, 6.45) is 0.482. The smallest absolute Gasteiger partial charge is 0.234 e. The van der Waals surface area contributed by atoms with E-state index in [0.29, 0.717) is 25.1 Å². The van der Waals surface area contributed by atoms with Crippen LogP contribution in [0.25, 0.3) is 10.8 Å². The molecule has 0 aliphatic carbocycles. The number of carbonyl (C=O) groups is 1. The van der Waals surface area contributed by atoms with Crippen LogP contribution in [0.15, 0.2) is 60.7 Å². The summed E-state index contributed by atoms with van der Waals surface area (Å²) in [7, 11) is 3.57. The number of hydrogen-bond donors (Lipinski definition) is 1. The molecule has 0 spiro atoms. The lowest BCUT2D eigenvalue weighted by atomic mass is 10.1. The van der Waals surface area contributed by atoms with E-state index in [1.807, 2.05) is 30.1 Å². The van der Waals surface area contributed by atoms with Crippen LogP contribution >= 0.6 is 0 Å². The van der Waals surface area contributed by atoms with E-state index in [9.17, 15) is 9.18 Å². The first kappa shape index (κ1) is 19.8. The highest BCUT2D eigenvalue weighted by Gasteiger charge is 2.08. The van der Waals surface area contributed by atoms with Crippen molar-refractivity contribution in [1.29, 1.82) is 0 Å². The van der Waals surface area contributed by atoms with Crippen molar-refractivity contribution in [2.24, 2.45) is 0 Å². The molecule has 0 saturated carbocycles. The molecule has 28 heavy (non-hydrogen) atoms. The SMILES string of the molecule is COc1ccc2cc(CN(C)CC(=O)NCCc3ccccc3F)ccc2c1. The van der Waals surface area contributed by atoms with Gasteiger partial charge in [-0.2, -0.15) is 0 Å². The molecule has 0 bridgehead atoms. The molecule has 0 aliphatic heterocycles. The number of methoxy groups -OCH3 is 1. The summed E-state index contributed by atoms with van der Waals surface area (Å²) in [6, 6.07) is 18.9. The molecule has 1 N–H and O–H groups in total. The Balaban J connectivity index is 1.49. The monoisotopic (exact) mass is 380 g/mol. The lowest BCUT2D eigenvalue weighted by Gasteiger charge is -2.17. The summed E-state index contributed by atoms with van der Waals surface area (Å²) < 4.78 is 18.8. The third-order valence-electron chi connectivity index (χ3n) is 4.65. The van der Waals surface area contributed by atoms with E-state index in [2.05, 4.69) is 23.5 Å². The van der Waals surface area contributed by atoms with E-state index in [1.165, 1.54) is 6.07 Å². The molecule has 0 heterocycles. The van der Waals surface area contributed by atoms with Gasteiger partial charge in [-0.05, 0) is 59.6 Å². The summed E-state index contributed by atoms with van der Waals surface area (Å²) in [4.78, 5) is 14.1. The van der Waals surface area contributed by atoms with Crippen molar-refractivity contribution in [2.75, 3.05) is 27.2 Å². The Kier molecular flexibility index (Phi) is 6.61. The Morgan fingerprint density at radius 1 is 1.07 bits per heavy atom. The van der Waals surface area contributed by atoms with Crippen molar-refractivity contribution in [2.45, 2.75) is 13.0 Å². The maximum absolute atomic E-state index is 13.6. The lowest BCUT2D eigenvalue weighted by molar-refractivity contribution is -0.122.